The van der Waals surface area contributed by atoms with E-state index in [1.165, 1.54) is 7.11 Å². The van der Waals surface area contributed by atoms with E-state index >= 15 is 0 Å². The normalized spacial score (nSPS) is 17.4. The molecule has 2 aromatic carbocycles. The summed E-state index contributed by atoms with van der Waals surface area (Å²) in [5, 5.41) is 5.03. The third-order valence-electron chi connectivity index (χ3n) is 6.10. The van der Waals surface area contributed by atoms with E-state index in [1.807, 2.05) is 12.1 Å². The molecule has 2 aliphatic rings. The Labute approximate surface area is 204 Å². The molecule has 186 valence electrons. The number of nitrogens with zero attached hydrogens (tertiary/aromatic N) is 2. The van der Waals surface area contributed by atoms with Crippen LogP contribution in [0.4, 0.5) is 16.2 Å². The minimum Gasteiger partial charge on any atom is -0.486 e. The Balaban J connectivity index is 1.21. The van der Waals surface area contributed by atoms with Crippen molar-refractivity contribution in [2.24, 2.45) is 0 Å². The molecule has 1 atom stereocenters. The highest BCUT2D eigenvalue weighted by Crippen LogP contribution is 2.32. The molecule has 1 fully saturated rings. The van der Waals surface area contributed by atoms with Crippen molar-refractivity contribution in [3.8, 4) is 11.5 Å². The summed E-state index contributed by atoms with van der Waals surface area (Å²) >= 11 is 0. The van der Waals surface area contributed by atoms with Crippen LogP contribution in [0.3, 0.4) is 0 Å². The number of piperazine rings is 1. The molecule has 1 saturated heterocycles. The molecule has 0 saturated carbocycles. The highest BCUT2D eigenvalue weighted by molar-refractivity contribution is 6.01. The number of fused-ring (bicyclic) bond motifs is 1. The number of anilines is 2. The molecular weight excluding hydrogens is 452 g/mol. The van der Waals surface area contributed by atoms with Gasteiger partial charge in [0.15, 0.2) is 11.5 Å². The quantitative estimate of drug-likeness (QED) is 0.605. The molecule has 10 nitrogen and oxygen atoms in total. The first-order valence-electron chi connectivity index (χ1n) is 11.6. The van der Waals surface area contributed by atoms with E-state index in [1.54, 1.807) is 30.3 Å². The molecule has 3 amide bonds. The smallest absolute Gasteiger partial charge is 0.337 e. The molecule has 2 aromatic rings. The first-order chi connectivity index (χ1) is 16.9. The zero-order chi connectivity index (χ0) is 24.8. The third kappa shape index (κ3) is 6.21. The zero-order valence-corrected chi connectivity index (χ0v) is 19.9. The maximum atomic E-state index is 12.3. The first-order valence-corrected chi connectivity index (χ1v) is 11.6. The number of urea groups is 1. The van der Waals surface area contributed by atoms with E-state index in [0.29, 0.717) is 42.5 Å². The number of benzene rings is 2. The molecule has 0 aromatic heterocycles. The van der Waals surface area contributed by atoms with Crippen LogP contribution in [-0.2, 0) is 9.53 Å². The van der Waals surface area contributed by atoms with Crippen molar-refractivity contribution in [1.82, 2.24) is 10.2 Å². The second kappa shape index (κ2) is 11.1. The van der Waals surface area contributed by atoms with Crippen LogP contribution in [-0.4, -0.2) is 75.4 Å². The van der Waals surface area contributed by atoms with Crippen LogP contribution in [0.15, 0.2) is 42.5 Å². The molecule has 2 aliphatic heterocycles. The average Bonchev–Trinajstić information content (AvgIpc) is 2.87. The van der Waals surface area contributed by atoms with Gasteiger partial charge in [-0.2, -0.15) is 0 Å². The summed E-state index contributed by atoms with van der Waals surface area (Å²) in [5.41, 5.74) is 2.08. The van der Waals surface area contributed by atoms with Crippen LogP contribution in [0.25, 0.3) is 0 Å². The van der Waals surface area contributed by atoms with Crippen LogP contribution in [0.1, 0.15) is 23.7 Å². The number of carbonyl (C=O) groups is 3. The van der Waals surface area contributed by atoms with Gasteiger partial charge in [0.05, 0.1) is 12.7 Å². The van der Waals surface area contributed by atoms with Crippen molar-refractivity contribution in [2.75, 3.05) is 56.7 Å². The van der Waals surface area contributed by atoms with Gasteiger partial charge >= 0.3 is 12.0 Å². The van der Waals surface area contributed by atoms with Crippen molar-refractivity contribution in [1.29, 1.82) is 0 Å². The Kier molecular flexibility index (Phi) is 7.71. The lowest BCUT2D eigenvalue weighted by molar-refractivity contribution is -0.120. The van der Waals surface area contributed by atoms with E-state index in [4.69, 9.17) is 14.2 Å². The van der Waals surface area contributed by atoms with Gasteiger partial charge in [-0.1, -0.05) is 0 Å². The fourth-order valence-corrected chi connectivity index (χ4v) is 4.21. The number of esters is 1. The Bertz CT molecular complexity index is 1070. The molecule has 2 heterocycles. The molecule has 35 heavy (non-hydrogen) atoms. The summed E-state index contributed by atoms with van der Waals surface area (Å²) in [7, 11) is 1.37. The largest absolute Gasteiger partial charge is 0.486 e. The summed E-state index contributed by atoms with van der Waals surface area (Å²) in [6, 6.07) is 12.1. The second-order valence-electron chi connectivity index (χ2n) is 8.48. The number of imide groups is 1. The molecule has 10 heteroatoms. The fourth-order valence-electron chi connectivity index (χ4n) is 4.21. The highest BCUT2D eigenvalue weighted by Gasteiger charge is 2.24. The van der Waals surface area contributed by atoms with Crippen molar-refractivity contribution in [3.63, 3.8) is 0 Å². The minimum absolute atomic E-state index is 0.215. The maximum absolute atomic E-state index is 12.3. The molecule has 0 aliphatic carbocycles. The van der Waals surface area contributed by atoms with Crippen LogP contribution in [0, 0.1) is 0 Å². The molecule has 2 N–H and O–H groups in total. The van der Waals surface area contributed by atoms with E-state index in [2.05, 4.69) is 27.4 Å². The summed E-state index contributed by atoms with van der Waals surface area (Å²) in [6.45, 7) is 6.00. The van der Waals surface area contributed by atoms with Crippen LogP contribution in [0.2, 0.25) is 0 Å². The summed E-state index contributed by atoms with van der Waals surface area (Å²) < 4.78 is 15.7. The molecule has 0 radical (unpaired) electrons. The van der Waals surface area contributed by atoms with Crippen molar-refractivity contribution < 1.29 is 28.6 Å². The second-order valence-corrected chi connectivity index (χ2v) is 8.48. The van der Waals surface area contributed by atoms with Gasteiger partial charge in [-0.05, 0) is 43.3 Å². The molecule has 0 bridgehead atoms. The number of methoxy groups -OCH3 is 1. The predicted molar refractivity (Wildman–Crippen MR) is 130 cm³/mol. The lowest BCUT2D eigenvalue weighted by Gasteiger charge is -2.41. The first kappa shape index (κ1) is 24.3. The highest BCUT2D eigenvalue weighted by atomic mass is 16.6. The summed E-state index contributed by atoms with van der Waals surface area (Å²) in [6.07, 6.45) is 0.215. The van der Waals surface area contributed by atoms with E-state index in [9.17, 15) is 14.4 Å². The van der Waals surface area contributed by atoms with Crippen molar-refractivity contribution in [2.45, 2.75) is 19.4 Å². The third-order valence-corrected chi connectivity index (χ3v) is 6.10. The van der Waals surface area contributed by atoms with Gasteiger partial charge in [-0.3, -0.25) is 15.0 Å². The van der Waals surface area contributed by atoms with Gasteiger partial charge in [-0.25, -0.2) is 9.59 Å². The number of nitrogens with one attached hydrogen (secondary N) is 2. The molecule has 1 unspecified atom stereocenters. The van der Waals surface area contributed by atoms with Crippen molar-refractivity contribution >= 4 is 29.3 Å². The lowest BCUT2D eigenvalue weighted by Crippen LogP contribution is -2.52. The number of amides is 3. The number of hydrogen-bond donors (Lipinski definition) is 2. The lowest BCUT2D eigenvalue weighted by atomic mass is 10.1. The monoisotopic (exact) mass is 482 g/mol. The van der Waals surface area contributed by atoms with Gasteiger partial charge in [0.2, 0.25) is 5.91 Å². The maximum Gasteiger partial charge on any atom is 0.337 e. The van der Waals surface area contributed by atoms with Crippen LogP contribution < -0.4 is 25.0 Å². The van der Waals surface area contributed by atoms with Crippen LogP contribution in [0.5, 0.6) is 11.5 Å². The van der Waals surface area contributed by atoms with E-state index < -0.39 is 6.03 Å². The Hall–Kier alpha value is -3.79. The number of rotatable bonds is 6. The zero-order valence-electron chi connectivity index (χ0n) is 19.9. The Morgan fingerprint density at radius 3 is 2.49 bits per heavy atom. The fraction of sp³-hybridized carbons (Fsp3) is 0.400. The van der Waals surface area contributed by atoms with E-state index in [-0.39, 0.29) is 24.3 Å². The average molecular weight is 483 g/mol. The standard InChI is InChI=1S/C25H30N4O6/c1-17-16-29(20-6-3-18(4-7-20)24(31)33-2)12-11-28(17)10-9-23(30)27-25(32)26-19-5-8-21-22(15-19)35-14-13-34-21/h3-8,15,17H,9-14,16H2,1-2H3,(H2,26,27,30,32). The Morgan fingerprint density at radius 2 is 1.77 bits per heavy atom. The van der Waals surface area contributed by atoms with Gasteiger partial charge in [-0.15, -0.1) is 0 Å². The Morgan fingerprint density at radius 1 is 1.03 bits per heavy atom. The minimum atomic E-state index is -0.583. The summed E-state index contributed by atoms with van der Waals surface area (Å²) in [4.78, 5) is 40.7. The topological polar surface area (TPSA) is 109 Å². The van der Waals surface area contributed by atoms with Gasteiger partial charge < -0.3 is 24.4 Å². The van der Waals surface area contributed by atoms with Crippen LogP contribution >= 0.6 is 0 Å². The molecular formula is C25H30N4O6. The SMILES string of the molecule is COC(=O)c1ccc(N2CCN(CCC(=O)NC(=O)Nc3ccc4c(c3)OCCO4)C(C)C2)cc1. The molecule has 0 spiro atoms. The molecule has 4 rings (SSSR count). The van der Waals surface area contributed by atoms with Gasteiger partial charge in [0.1, 0.15) is 13.2 Å². The number of hydrogen-bond acceptors (Lipinski definition) is 8. The van der Waals surface area contributed by atoms with E-state index in [0.717, 1.165) is 25.3 Å². The number of carbonyl (C=O) groups excluding carboxylic acids is 3. The van der Waals surface area contributed by atoms with Gasteiger partial charge in [0, 0.05) is 56.1 Å². The summed E-state index contributed by atoms with van der Waals surface area (Å²) in [5.74, 6) is 0.500. The van der Waals surface area contributed by atoms with Crippen molar-refractivity contribution in [3.05, 3.63) is 48.0 Å². The number of ether oxygens (including phenoxy) is 3. The predicted octanol–water partition coefficient (Wildman–Crippen LogP) is 2.49. The van der Waals surface area contributed by atoms with Gasteiger partial charge in [0.25, 0.3) is 0 Å².